The molecule has 0 saturated carbocycles. The summed E-state index contributed by atoms with van der Waals surface area (Å²) >= 11 is 0. The van der Waals surface area contributed by atoms with E-state index in [0.717, 1.165) is 32.6 Å². The predicted molar refractivity (Wildman–Crippen MR) is 203 cm³/mol. The van der Waals surface area contributed by atoms with Crippen molar-refractivity contribution >= 4 is 10.8 Å². The fourth-order valence-electron chi connectivity index (χ4n) is 6.84. The van der Waals surface area contributed by atoms with Gasteiger partial charge in [-0.3, -0.25) is 9.80 Å². The summed E-state index contributed by atoms with van der Waals surface area (Å²) in [4.78, 5) is 4.95. The molecule has 0 N–H and O–H groups in total. The molecule has 1 unspecified atom stereocenters. The zero-order valence-corrected chi connectivity index (χ0v) is 31.1. The largest absolute Gasteiger partial charge is 0.373 e. The third-order valence-corrected chi connectivity index (χ3v) is 9.86. The molecule has 1 aliphatic heterocycles. The smallest absolute Gasteiger partial charge is 0.0678 e. The van der Waals surface area contributed by atoms with Crippen molar-refractivity contribution in [1.29, 1.82) is 0 Å². The molecule has 1 saturated heterocycles. The van der Waals surface area contributed by atoms with Gasteiger partial charge in [0.05, 0.1) is 12.2 Å². The molecule has 0 bridgehead atoms. The number of nitrogens with zero attached hydrogens (tertiary/aromatic N) is 2. The third kappa shape index (κ3) is 11.0. The van der Waals surface area contributed by atoms with Crippen LogP contribution in [0.5, 0.6) is 0 Å². The first-order valence-electron chi connectivity index (χ1n) is 18.0. The quantitative estimate of drug-likeness (QED) is 0.173. The minimum Gasteiger partial charge on any atom is -0.373 e. The molecule has 3 nitrogen and oxygen atoms in total. The molecular weight excluding hydrogens is 572 g/mol. The molecular formula is C44H62N2O. The Labute approximate surface area is 287 Å². The van der Waals surface area contributed by atoms with Gasteiger partial charge in [0, 0.05) is 32.7 Å². The van der Waals surface area contributed by atoms with Crippen LogP contribution in [-0.4, -0.2) is 48.7 Å². The lowest BCUT2D eigenvalue weighted by molar-refractivity contribution is -0.0708. The number of morpholine rings is 1. The van der Waals surface area contributed by atoms with Crippen molar-refractivity contribution in [3.8, 4) is 0 Å². The maximum Gasteiger partial charge on any atom is 0.0678 e. The van der Waals surface area contributed by atoms with E-state index in [-0.39, 0.29) is 10.8 Å². The van der Waals surface area contributed by atoms with Crippen LogP contribution in [0.1, 0.15) is 96.6 Å². The topological polar surface area (TPSA) is 15.7 Å². The van der Waals surface area contributed by atoms with Crippen LogP contribution in [0.25, 0.3) is 10.8 Å². The first-order valence-corrected chi connectivity index (χ1v) is 18.0. The van der Waals surface area contributed by atoms with Gasteiger partial charge < -0.3 is 4.74 Å². The summed E-state index contributed by atoms with van der Waals surface area (Å²) in [6.45, 7) is 25.7. The van der Waals surface area contributed by atoms with E-state index in [0.29, 0.717) is 18.1 Å². The minimum atomic E-state index is 0.216. The van der Waals surface area contributed by atoms with Gasteiger partial charge in [0.1, 0.15) is 0 Å². The fraction of sp³-hybridized carbons (Fsp3) is 0.500. The van der Waals surface area contributed by atoms with Crippen LogP contribution < -0.4 is 0 Å². The van der Waals surface area contributed by atoms with E-state index in [1.54, 1.807) is 0 Å². The lowest BCUT2D eigenvalue weighted by Crippen LogP contribution is -2.47. The van der Waals surface area contributed by atoms with Crippen molar-refractivity contribution < 1.29 is 4.74 Å². The fourth-order valence-corrected chi connectivity index (χ4v) is 6.84. The molecule has 3 atom stereocenters. The second-order valence-electron chi connectivity index (χ2n) is 16.0. The van der Waals surface area contributed by atoms with Crippen LogP contribution in [0, 0.1) is 5.92 Å². The molecule has 4 aromatic rings. The van der Waals surface area contributed by atoms with Gasteiger partial charge in [-0.1, -0.05) is 139 Å². The van der Waals surface area contributed by atoms with Gasteiger partial charge in [0.15, 0.2) is 0 Å². The number of benzene rings is 4. The molecule has 0 aromatic heterocycles. The van der Waals surface area contributed by atoms with Crippen LogP contribution in [-0.2, 0) is 35.1 Å². The average Bonchev–Trinajstić information content (AvgIpc) is 3.01. The molecule has 47 heavy (non-hydrogen) atoms. The van der Waals surface area contributed by atoms with Crippen molar-refractivity contribution in [3.05, 3.63) is 119 Å². The van der Waals surface area contributed by atoms with Crippen LogP contribution in [0.4, 0.5) is 0 Å². The molecule has 0 spiro atoms. The number of ether oxygens (including phenoxy) is 1. The molecule has 5 rings (SSSR count). The molecule has 0 aliphatic carbocycles. The van der Waals surface area contributed by atoms with Gasteiger partial charge in [-0.2, -0.15) is 0 Å². The SMILES string of the molecule is CCC(C)(C)c1ccc(CC(C)CN2C[C@@H](C)O[C@@H](C)C2)cc1.CN(Cc1ccc(C(C)(C)C)cc1)Cc1cccc2ccccc12. The highest BCUT2D eigenvalue weighted by atomic mass is 16.5. The summed E-state index contributed by atoms with van der Waals surface area (Å²) < 4.78 is 5.83. The summed E-state index contributed by atoms with van der Waals surface area (Å²) in [5.41, 5.74) is 7.56. The summed E-state index contributed by atoms with van der Waals surface area (Å²) in [5.74, 6) is 0.678. The van der Waals surface area contributed by atoms with E-state index < -0.39 is 0 Å². The maximum absolute atomic E-state index is 5.83. The molecule has 3 heteroatoms. The van der Waals surface area contributed by atoms with Gasteiger partial charge in [-0.05, 0) is 89.1 Å². The lowest BCUT2D eigenvalue weighted by atomic mass is 9.82. The van der Waals surface area contributed by atoms with Crippen molar-refractivity contribution in [2.45, 2.75) is 111 Å². The Kier molecular flexibility index (Phi) is 12.9. The van der Waals surface area contributed by atoms with Gasteiger partial charge in [-0.25, -0.2) is 0 Å². The maximum atomic E-state index is 5.83. The second kappa shape index (κ2) is 16.4. The molecule has 1 heterocycles. The first-order chi connectivity index (χ1) is 22.2. The van der Waals surface area contributed by atoms with Gasteiger partial charge in [0.25, 0.3) is 0 Å². The van der Waals surface area contributed by atoms with Crippen LogP contribution in [0.2, 0.25) is 0 Å². The summed E-state index contributed by atoms with van der Waals surface area (Å²) in [6, 6.07) is 33.6. The minimum absolute atomic E-state index is 0.216. The summed E-state index contributed by atoms with van der Waals surface area (Å²) in [7, 11) is 2.19. The lowest BCUT2D eigenvalue weighted by Gasteiger charge is -2.36. The first kappa shape index (κ1) is 36.8. The van der Waals surface area contributed by atoms with Gasteiger partial charge in [0.2, 0.25) is 0 Å². The van der Waals surface area contributed by atoms with E-state index in [1.165, 1.54) is 51.6 Å². The van der Waals surface area contributed by atoms with Crippen molar-refractivity contribution in [1.82, 2.24) is 9.80 Å². The highest BCUT2D eigenvalue weighted by molar-refractivity contribution is 5.85. The van der Waals surface area contributed by atoms with Gasteiger partial charge >= 0.3 is 0 Å². The zero-order valence-electron chi connectivity index (χ0n) is 31.1. The molecule has 1 aliphatic rings. The highest BCUT2D eigenvalue weighted by Gasteiger charge is 2.23. The molecule has 4 aromatic carbocycles. The van der Waals surface area contributed by atoms with Crippen LogP contribution in [0.3, 0.4) is 0 Å². The highest BCUT2D eigenvalue weighted by Crippen LogP contribution is 2.27. The van der Waals surface area contributed by atoms with E-state index >= 15 is 0 Å². The number of hydrogen-bond acceptors (Lipinski definition) is 3. The van der Waals surface area contributed by atoms with E-state index in [2.05, 4.69) is 170 Å². The Balaban J connectivity index is 0.000000213. The van der Waals surface area contributed by atoms with Crippen molar-refractivity contribution in [2.75, 3.05) is 26.7 Å². The number of fused-ring (bicyclic) bond motifs is 1. The zero-order chi connectivity index (χ0) is 34.2. The van der Waals surface area contributed by atoms with Crippen LogP contribution >= 0.6 is 0 Å². The van der Waals surface area contributed by atoms with E-state index in [4.69, 9.17) is 4.74 Å². The number of rotatable bonds is 10. The molecule has 254 valence electrons. The van der Waals surface area contributed by atoms with Crippen molar-refractivity contribution in [3.63, 3.8) is 0 Å². The average molecular weight is 635 g/mol. The molecule has 1 fully saturated rings. The monoisotopic (exact) mass is 634 g/mol. The standard InChI is InChI=1S/C23H27N.C21H35NO/c1-23(2,3)21-14-12-18(13-15-21)16-24(4)17-20-10-7-9-19-8-5-6-11-22(19)20;1-7-21(5,6)20-10-8-19(9-11-20)12-16(2)13-22-14-17(3)23-18(4)15-22/h5-15H,16-17H2,1-4H3;8-11,16-18H,7,12-15H2,1-6H3/t;16?,17-,18+. The second-order valence-corrected chi connectivity index (χ2v) is 16.0. The number of hydrogen-bond donors (Lipinski definition) is 0. The summed E-state index contributed by atoms with van der Waals surface area (Å²) in [5, 5.41) is 2.67. The Hall–Kier alpha value is -2.98. The van der Waals surface area contributed by atoms with E-state index in [9.17, 15) is 0 Å². The normalized spacial score (nSPS) is 18.2. The Morgan fingerprint density at radius 2 is 1.32 bits per heavy atom. The Morgan fingerprint density at radius 1 is 0.745 bits per heavy atom. The van der Waals surface area contributed by atoms with E-state index in [1.807, 2.05) is 0 Å². The van der Waals surface area contributed by atoms with Crippen LogP contribution in [0.15, 0.2) is 91.0 Å². The molecule has 0 amide bonds. The third-order valence-electron chi connectivity index (χ3n) is 9.86. The predicted octanol–water partition coefficient (Wildman–Crippen LogP) is 10.4. The Bertz CT molecular complexity index is 1500. The summed E-state index contributed by atoms with van der Waals surface area (Å²) in [6.07, 6.45) is 3.06. The molecule has 0 radical (unpaired) electrons. The van der Waals surface area contributed by atoms with Gasteiger partial charge in [-0.15, -0.1) is 0 Å². The Morgan fingerprint density at radius 3 is 1.94 bits per heavy atom. The van der Waals surface area contributed by atoms with Crippen molar-refractivity contribution in [2.24, 2.45) is 5.92 Å².